The van der Waals surface area contributed by atoms with Gasteiger partial charge in [0.15, 0.2) is 6.10 Å². The van der Waals surface area contributed by atoms with Gasteiger partial charge in [-0.3, -0.25) is 9.59 Å². The van der Waals surface area contributed by atoms with E-state index in [1.54, 1.807) is 0 Å². The van der Waals surface area contributed by atoms with Gasteiger partial charge in [0.05, 0.1) is 6.61 Å². The van der Waals surface area contributed by atoms with Crippen LogP contribution in [0.15, 0.2) is 97.2 Å². The van der Waals surface area contributed by atoms with Crippen molar-refractivity contribution in [2.75, 3.05) is 13.2 Å². The number of unbranched alkanes of at least 4 members (excludes halogenated alkanes) is 40. The van der Waals surface area contributed by atoms with Gasteiger partial charge >= 0.3 is 11.9 Å². The van der Waals surface area contributed by atoms with Gasteiger partial charge < -0.3 is 14.6 Å². The molecule has 0 saturated heterocycles. The molecule has 0 aliphatic rings. The second kappa shape index (κ2) is 70.1. The number of aliphatic hydroxyl groups excluding tert-OH is 1. The first-order valence-corrected chi connectivity index (χ1v) is 34.8. The third-order valence-corrected chi connectivity index (χ3v) is 15.4. The van der Waals surface area contributed by atoms with E-state index in [0.29, 0.717) is 12.8 Å². The van der Waals surface area contributed by atoms with Crippen LogP contribution in [0.3, 0.4) is 0 Å². The van der Waals surface area contributed by atoms with Gasteiger partial charge in [-0.25, -0.2) is 0 Å². The van der Waals surface area contributed by atoms with Crippen LogP contribution in [-0.2, 0) is 19.1 Å². The fourth-order valence-corrected chi connectivity index (χ4v) is 10.2. The lowest BCUT2D eigenvalue weighted by molar-refractivity contribution is -0.161. The Balaban J connectivity index is 3.40. The van der Waals surface area contributed by atoms with Crippen LogP contribution in [0.2, 0.25) is 0 Å². The van der Waals surface area contributed by atoms with Crippen molar-refractivity contribution in [2.45, 2.75) is 354 Å². The van der Waals surface area contributed by atoms with Crippen molar-refractivity contribution in [2.24, 2.45) is 0 Å². The number of ether oxygens (including phenoxy) is 2. The summed E-state index contributed by atoms with van der Waals surface area (Å²) in [5.41, 5.74) is 0. The molecule has 0 heterocycles. The van der Waals surface area contributed by atoms with E-state index in [4.69, 9.17) is 9.47 Å². The van der Waals surface area contributed by atoms with Gasteiger partial charge in [0.25, 0.3) is 0 Å². The number of esters is 2. The molecular formula is C75H132O5. The van der Waals surface area contributed by atoms with Crippen LogP contribution < -0.4 is 0 Å². The van der Waals surface area contributed by atoms with Gasteiger partial charge in [-0.1, -0.05) is 342 Å². The first-order chi connectivity index (χ1) is 39.6. The van der Waals surface area contributed by atoms with Crippen LogP contribution in [0.4, 0.5) is 0 Å². The van der Waals surface area contributed by atoms with E-state index in [1.807, 2.05) is 0 Å². The van der Waals surface area contributed by atoms with Crippen LogP contribution in [0.25, 0.3) is 0 Å². The Morgan fingerprint density at radius 3 is 0.750 bits per heavy atom. The summed E-state index contributed by atoms with van der Waals surface area (Å²) in [6.45, 7) is 3.95. The van der Waals surface area contributed by atoms with Crippen LogP contribution in [0.5, 0.6) is 0 Å². The predicted molar refractivity (Wildman–Crippen MR) is 352 cm³/mol. The van der Waals surface area contributed by atoms with Crippen molar-refractivity contribution < 1.29 is 24.2 Å². The van der Waals surface area contributed by atoms with E-state index in [9.17, 15) is 14.7 Å². The molecule has 0 saturated carbocycles. The fourth-order valence-electron chi connectivity index (χ4n) is 10.2. The molecule has 0 bridgehead atoms. The van der Waals surface area contributed by atoms with Crippen LogP contribution in [0.1, 0.15) is 348 Å². The quantitative estimate of drug-likeness (QED) is 0.0373. The lowest BCUT2D eigenvalue weighted by atomic mass is 10.0. The molecule has 0 aromatic carbocycles. The van der Waals surface area contributed by atoms with E-state index in [1.165, 1.54) is 231 Å². The number of allylic oxidation sites excluding steroid dienone is 16. The molecule has 80 heavy (non-hydrogen) atoms. The maximum Gasteiger partial charge on any atom is 0.306 e. The summed E-state index contributed by atoms with van der Waals surface area (Å²) >= 11 is 0. The van der Waals surface area contributed by atoms with Gasteiger partial charge in [-0.05, 0) is 89.9 Å². The average molecular weight is 1110 g/mol. The third-order valence-electron chi connectivity index (χ3n) is 15.4. The molecule has 0 aromatic heterocycles. The Morgan fingerprint density at radius 2 is 0.500 bits per heavy atom. The van der Waals surface area contributed by atoms with Crippen molar-refractivity contribution in [3.05, 3.63) is 97.2 Å². The van der Waals surface area contributed by atoms with Gasteiger partial charge in [0.2, 0.25) is 0 Å². The summed E-state index contributed by atoms with van der Waals surface area (Å²) in [4.78, 5) is 24.6. The highest BCUT2D eigenvalue weighted by atomic mass is 16.6. The zero-order valence-electron chi connectivity index (χ0n) is 53.1. The van der Waals surface area contributed by atoms with E-state index >= 15 is 0 Å². The number of hydrogen-bond donors (Lipinski definition) is 1. The summed E-state index contributed by atoms with van der Waals surface area (Å²) in [6, 6.07) is 0. The predicted octanol–water partition coefficient (Wildman–Crippen LogP) is 24.2. The van der Waals surface area contributed by atoms with Crippen LogP contribution in [-0.4, -0.2) is 36.4 Å². The fraction of sp³-hybridized carbons (Fsp3) is 0.760. The highest BCUT2D eigenvalue weighted by Gasteiger charge is 2.16. The van der Waals surface area contributed by atoms with Crippen LogP contribution >= 0.6 is 0 Å². The highest BCUT2D eigenvalue weighted by Crippen LogP contribution is 2.18. The maximum absolute atomic E-state index is 12.4. The lowest BCUT2D eigenvalue weighted by Gasteiger charge is -2.15. The molecule has 5 heteroatoms. The second-order valence-electron chi connectivity index (χ2n) is 23.2. The Hall–Kier alpha value is -3.18. The Bertz CT molecular complexity index is 1500. The molecular weight excluding hydrogens is 981 g/mol. The van der Waals surface area contributed by atoms with Crippen molar-refractivity contribution in [3.8, 4) is 0 Å². The Labute approximate surface area is 498 Å². The van der Waals surface area contributed by atoms with E-state index in [0.717, 1.165) is 89.9 Å². The summed E-state index contributed by atoms with van der Waals surface area (Å²) in [5, 5.41) is 9.70. The minimum atomic E-state index is -0.776. The summed E-state index contributed by atoms with van der Waals surface area (Å²) in [5.74, 6) is -0.579. The van der Waals surface area contributed by atoms with Gasteiger partial charge in [-0.15, -0.1) is 0 Å². The standard InChI is InChI=1S/C75H132O5/c1-3-5-7-9-11-13-15-17-19-21-23-25-27-29-30-31-32-33-34-35-36-37-38-39-40-41-42-43-44-46-48-50-52-54-56-58-60-62-64-66-68-70-75(78)80-73(71-76)72-79-74(77)69-67-65-63-61-59-57-55-53-51-49-47-45-28-26-24-22-20-18-16-14-12-10-8-6-4-2/h5-8,11-14,17-20,23-26,73,76H,3-4,9-10,15-16,21-22,27-72H2,1-2H3/b7-5-,8-6-,13-11-,14-12-,19-17-,20-18-,25-23-,26-24-. The summed E-state index contributed by atoms with van der Waals surface area (Å²) in [6.07, 6.45) is 100. The number of carbonyl (C=O) groups is 2. The van der Waals surface area contributed by atoms with E-state index in [2.05, 4.69) is 111 Å². The molecule has 0 rings (SSSR count). The monoisotopic (exact) mass is 1110 g/mol. The topological polar surface area (TPSA) is 72.8 Å². The zero-order chi connectivity index (χ0) is 57.6. The van der Waals surface area contributed by atoms with Gasteiger partial charge in [0.1, 0.15) is 6.61 Å². The minimum Gasteiger partial charge on any atom is -0.462 e. The maximum atomic E-state index is 12.4. The molecule has 0 radical (unpaired) electrons. The molecule has 462 valence electrons. The molecule has 0 aliphatic carbocycles. The number of aliphatic hydroxyl groups is 1. The highest BCUT2D eigenvalue weighted by molar-refractivity contribution is 5.70. The smallest absolute Gasteiger partial charge is 0.306 e. The molecule has 5 nitrogen and oxygen atoms in total. The largest absolute Gasteiger partial charge is 0.462 e. The SMILES string of the molecule is CC/C=C\C/C=C\C/C=C\C/C=C\CCCCCCCCCCCCCCCCCCCCCCCCCCCCCCC(=O)OC(CO)COC(=O)CCCCCCCCCCCCCC/C=C\C/C=C\C/C=C\C/C=C\CC. The normalized spacial score (nSPS) is 12.8. The molecule has 0 fully saturated rings. The van der Waals surface area contributed by atoms with Crippen LogP contribution in [0, 0.1) is 0 Å². The first-order valence-electron chi connectivity index (χ1n) is 34.8. The second-order valence-corrected chi connectivity index (χ2v) is 23.2. The molecule has 0 aliphatic heterocycles. The number of carbonyl (C=O) groups excluding carboxylic acids is 2. The van der Waals surface area contributed by atoms with Crippen molar-refractivity contribution >= 4 is 11.9 Å². The number of hydrogen-bond acceptors (Lipinski definition) is 5. The summed E-state index contributed by atoms with van der Waals surface area (Å²) in [7, 11) is 0. The summed E-state index contributed by atoms with van der Waals surface area (Å²) < 4.78 is 10.8. The Morgan fingerprint density at radius 1 is 0.287 bits per heavy atom. The molecule has 0 amide bonds. The Kier molecular flexibility index (Phi) is 67.3. The van der Waals surface area contributed by atoms with Gasteiger partial charge in [-0.2, -0.15) is 0 Å². The van der Waals surface area contributed by atoms with E-state index in [-0.39, 0.29) is 25.2 Å². The lowest BCUT2D eigenvalue weighted by Crippen LogP contribution is -2.28. The van der Waals surface area contributed by atoms with Crippen molar-refractivity contribution in [1.29, 1.82) is 0 Å². The molecule has 0 aromatic rings. The molecule has 0 spiro atoms. The minimum absolute atomic E-state index is 0.0659. The first kappa shape index (κ1) is 76.8. The van der Waals surface area contributed by atoms with Crippen molar-refractivity contribution in [1.82, 2.24) is 0 Å². The van der Waals surface area contributed by atoms with Gasteiger partial charge in [0, 0.05) is 12.8 Å². The van der Waals surface area contributed by atoms with E-state index < -0.39 is 6.10 Å². The number of rotatable bonds is 64. The molecule has 1 atom stereocenters. The molecule has 1 unspecified atom stereocenters. The van der Waals surface area contributed by atoms with Crippen molar-refractivity contribution in [3.63, 3.8) is 0 Å². The molecule has 1 N–H and O–H groups in total. The average Bonchev–Trinajstić information content (AvgIpc) is 3.46. The zero-order valence-corrected chi connectivity index (χ0v) is 53.1. The third kappa shape index (κ3) is 67.3.